The number of amides is 4. The highest BCUT2D eigenvalue weighted by molar-refractivity contribution is 6.04. The summed E-state index contributed by atoms with van der Waals surface area (Å²) in [5, 5.41) is 5.66. The minimum atomic E-state index is -0.620. The van der Waals surface area contributed by atoms with Gasteiger partial charge in [-0.2, -0.15) is 0 Å². The molecule has 0 saturated carbocycles. The van der Waals surface area contributed by atoms with Crippen molar-refractivity contribution in [3.63, 3.8) is 0 Å². The van der Waals surface area contributed by atoms with Crippen LogP contribution in [0.2, 0.25) is 0 Å². The third-order valence-electron chi connectivity index (χ3n) is 5.39. The Morgan fingerprint density at radius 3 is 2.78 bits per heavy atom. The van der Waals surface area contributed by atoms with Gasteiger partial charge in [0, 0.05) is 19.0 Å². The molecule has 0 aliphatic carbocycles. The Kier molecular flexibility index (Phi) is 6.45. The fourth-order valence-corrected chi connectivity index (χ4v) is 3.83. The first-order valence-corrected chi connectivity index (χ1v) is 9.75. The number of rotatable bonds is 8. The van der Waals surface area contributed by atoms with Gasteiger partial charge in [0.05, 0.1) is 6.54 Å². The molecule has 2 fully saturated rings. The standard InChI is InChI=1S/C20H28N4O3/c1-2-23-12-6-9-16(23)13-21-18(25)11-10-17-19(26)24(20(27)22-17)14-15-7-4-3-5-8-15/h3-5,7-8,16-17H,2,6,9-14H2,1H3,(H,21,25)(H,22,27)/t16?,17-/m0/s1. The Balaban J connectivity index is 1.43. The smallest absolute Gasteiger partial charge is 0.325 e. The molecule has 2 aliphatic heterocycles. The lowest BCUT2D eigenvalue weighted by Gasteiger charge is -2.22. The van der Waals surface area contributed by atoms with Crippen LogP contribution in [0.15, 0.2) is 30.3 Å². The van der Waals surface area contributed by atoms with Gasteiger partial charge < -0.3 is 10.6 Å². The number of likely N-dealkylation sites (N-methyl/N-ethyl adjacent to an activating group) is 1. The molecule has 0 spiro atoms. The molecule has 1 aromatic carbocycles. The van der Waals surface area contributed by atoms with E-state index in [1.165, 1.54) is 11.3 Å². The maximum atomic E-state index is 12.5. The molecule has 7 nitrogen and oxygen atoms in total. The molecule has 146 valence electrons. The summed E-state index contributed by atoms with van der Waals surface area (Å²) in [6, 6.07) is 8.80. The first kappa shape index (κ1) is 19.4. The van der Waals surface area contributed by atoms with Crippen molar-refractivity contribution in [1.29, 1.82) is 0 Å². The highest BCUT2D eigenvalue weighted by Gasteiger charge is 2.37. The van der Waals surface area contributed by atoms with Crippen molar-refractivity contribution in [1.82, 2.24) is 20.4 Å². The molecular formula is C20H28N4O3. The number of nitrogens with one attached hydrogen (secondary N) is 2. The molecule has 1 unspecified atom stereocenters. The third kappa shape index (κ3) is 4.86. The van der Waals surface area contributed by atoms with E-state index in [9.17, 15) is 14.4 Å². The second-order valence-corrected chi connectivity index (χ2v) is 7.18. The number of imide groups is 1. The number of likely N-dealkylation sites (tertiary alicyclic amines) is 1. The number of carbonyl (C=O) groups excluding carboxylic acids is 3. The summed E-state index contributed by atoms with van der Waals surface area (Å²) in [4.78, 5) is 40.3. The second-order valence-electron chi connectivity index (χ2n) is 7.18. The second kappa shape index (κ2) is 8.99. The van der Waals surface area contributed by atoms with Crippen LogP contribution in [-0.2, 0) is 16.1 Å². The van der Waals surface area contributed by atoms with Crippen LogP contribution < -0.4 is 10.6 Å². The highest BCUT2D eigenvalue weighted by Crippen LogP contribution is 2.17. The van der Waals surface area contributed by atoms with Gasteiger partial charge in [0.15, 0.2) is 0 Å². The van der Waals surface area contributed by atoms with Gasteiger partial charge >= 0.3 is 6.03 Å². The SMILES string of the molecule is CCN1CCCC1CNC(=O)CC[C@@H]1NC(=O)N(Cc2ccccc2)C1=O. The molecule has 3 rings (SSSR count). The number of benzene rings is 1. The summed E-state index contributed by atoms with van der Waals surface area (Å²) in [6.07, 6.45) is 2.84. The minimum Gasteiger partial charge on any atom is -0.355 e. The van der Waals surface area contributed by atoms with Gasteiger partial charge in [0.1, 0.15) is 6.04 Å². The Hall–Kier alpha value is -2.41. The molecule has 2 aliphatic rings. The molecule has 0 radical (unpaired) electrons. The third-order valence-corrected chi connectivity index (χ3v) is 5.39. The van der Waals surface area contributed by atoms with Crippen LogP contribution >= 0.6 is 0 Å². The average molecular weight is 372 g/mol. The number of nitrogens with zero attached hydrogens (tertiary/aromatic N) is 2. The average Bonchev–Trinajstić information content (AvgIpc) is 3.25. The zero-order chi connectivity index (χ0) is 19.2. The van der Waals surface area contributed by atoms with Gasteiger partial charge in [-0.3, -0.25) is 19.4 Å². The maximum Gasteiger partial charge on any atom is 0.325 e. The van der Waals surface area contributed by atoms with Crippen LogP contribution in [0.1, 0.15) is 38.2 Å². The highest BCUT2D eigenvalue weighted by atomic mass is 16.2. The topological polar surface area (TPSA) is 81.8 Å². The summed E-state index contributed by atoms with van der Waals surface area (Å²) in [7, 11) is 0. The molecule has 2 atom stereocenters. The Morgan fingerprint density at radius 2 is 2.04 bits per heavy atom. The van der Waals surface area contributed by atoms with Gasteiger partial charge in [-0.15, -0.1) is 0 Å². The lowest BCUT2D eigenvalue weighted by Crippen LogP contribution is -2.40. The van der Waals surface area contributed by atoms with E-state index in [-0.39, 0.29) is 30.8 Å². The number of urea groups is 1. The zero-order valence-electron chi connectivity index (χ0n) is 15.8. The minimum absolute atomic E-state index is 0.0680. The van der Waals surface area contributed by atoms with Gasteiger partial charge in [0.25, 0.3) is 5.91 Å². The molecule has 7 heteroatoms. The van der Waals surface area contributed by atoms with Crippen molar-refractivity contribution in [2.45, 2.75) is 51.2 Å². The Bertz CT molecular complexity index is 679. The quantitative estimate of drug-likeness (QED) is 0.678. The first-order chi connectivity index (χ1) is 13.1. The van der Waals surface area contributed by atoms with E-state index in [2.05, 4.69) is 22.5 Å². The zero-order valence-corrected chi connectivity index (χ0v) is 15.8. The number of hydrogen-bond donors (Lipinski definition) is 2. The maximum absolute atomic E-state index is 12.5. The molecule has 27 heavy (non-hydrogen) atoms. The van der Waals surface area contributed by atoms with Gasteiger partial charge in [0.2, 0.25) is 5.91 Å². The summed E-state index contributed by atoms with van der Waals surface area (Å²) in [6.45, 7) is 5.13. The van der Waals surface area contributed by atoms with Crippen LogP contribution in [0, 0.1) is 0 Å². The van der Waals surface area contributed by atoms with Crippen LogP contribution in [-0.4, -0.2) is 59.4 Å². The van der Waals surface area contributed by atoms with Crippen molar-refractivity contribution in [2.24, 2.45) is 0 Å². The van der Waals surface area contributed by atoms with Crippen LogP contribution in [0.4, 0.5) is 4.79 Å². The largest absolute Gasteiger partial charge is 0.355 e. The van der Waals surface area contributed by atoms with Crippen molar-refractivity contribution in [3.05, 3.63) is 35.9 Å². The van der Waals surface area contributed by atoms with Crippen molar-refractivity contribution in [3.8, 4) is 0 Å². The van der Waals surface area contributed by atoms with Gasteiger partial charge in [-0.1, -0.05) is 37.3 Å². The normalized spacial score (nSPS) is 22.9. The summed E-state index contributed by atoms with van der Waals surface area (Å²) in [5.41, 5.74) is 0.899. The summed E-state index contributed by atoms with van der Waals surface area (Å²) in [5.74, 6) is -0.328. The van der Waals surface area contributed by atoms with Crippen molar-refractivity contribution in [2.75, 3.05) is 19.6 Å². The fourth-order valence-electron chi connectivity index (χ4n) is 3.83. The number of hydrogen-bond acceptors (Lipinski definition) is 4. The molecule has 1 aromatic rings. The van der Waals surface area contributed by atoms with Gasteiger partial charge in [-0.25, -0.2) is 4.79 Å². The predicted molar refractivity (Wildman–Crippen MR) is 102 cm³/mol. The molecule has 0 aromatic heterocycles. The molecule has 2 heterocycles. The van der Waals surface area contributed by atoms with E-state index in [1.54, 1.807) is 0 Å². The lowest BCUT2D eigenvalue weighted by atomic mass is 10.1. The van der Waals surface area contributed by atoms with Crippen LogP contribution in [0.3, 0.4) is 0 Å². The fraction of sp³-hybridized carbons (Fsp3) is 0.550. The number of carbonyl (C=O) groups is 3. The van der Waals surface area contributed by atoms with E-state index < -0.39 is 6.04 Å². The van der Waals surface area contributed by atoms with E-state index in [4.69, 9.17) is 0 Å². The van der Waals surface area contributed by atoms with E-state index >= 15 is 0 Å². The van der Waals surface area contributed by atoms with E-state index in [0.717, 1.165) is 25.1 Å². The van der Waals surface area contributed by atoms with E-state index in [1.807, 2.05) is 30.3 Å². The van der Waals surface area contributed by atoms with Gasteiger partial charge in [-0.05, 0) is 37.9 Å². The molecule has 4 amide bonds. The van der Waals surface area contributed by atoms with Crippen molar-refractivity contribution >= 4 is 17.8 Å². The van der Waals surface area contributed by atoms with E-state index in [0.29, 0.717) is 19.0 Å². The Morgan fingerprint density at radius 1 is 1.26 bits per heavy atom. The lowest BCUT2D eigenvalue weighted by molar-refractivity contribution is -0.128. The molecule has 2 N–H and O–H groups in total. The Labute approximate surface area is 160 Å². The summed E-state index contributed by atoms with van der Waals surface area (Å²) < 4.78 is 0. The van der Waals surface area contributed by atoms with Crippen LogP contribution in [0.5, 0.6) is 0 Å². The molecular weight excluding hydrogens is 344 g/mol. The van der Waals surface area contributed by atoms with Crippen LogP contribution in [0.25, 0.3) is 0 Å². The first-order valence-electron chi connectivity index (χ1n) is 9.75. The molecule has 0 bridgehead atoms. The predicted octanol–water partition coefficient (Wildman–Crippen LogP) is 1.49. The molecule has 2 saturated heterocycles. The summed E-state index contributed by atoms with van der Waals surface area (Å²) >= 11 is 0. The monoisotopic (exact) mass is 372 g/mol. The van der Waals surface area contributed by atoms with Crippen molar-refractivity contribution < 1.29 is 14.4 Å².